The number of rotatable bonds is 7. The Bertz CT molecular complexity index is 987. The van der Waals surface area contributed by atoms with Gasteiger partial charge in [0.2, 0.25) is 5.91 Å². The van der Waals surface area contributed by atoms with Gasteiger partial charge in [0.1, 0.15) is 17.4 Å². The van der Waals surface area contributed by atoms with Crippen LogP contribution in [-0.2, 0) is 4.79 Å². The number of hydrogen-bond donors (Lipinski definition) is 0. The van der Waals surface area contributed by atoms with Gasteiger partial charge in [0.25, 0.3) is 0 Å². The van der Waals surface area contributed by atoms with E-state index in [1.165, 1.54) is 0 Å². The van der Waals surface area contributed by atoms with E-state index in [1.807, 2.05) is 66.4 Å². The van der Waals surface area contributed by atoms with Gasteiger partial charge < -0.3 is 14.5 Å². The highest BCUT2D eigenvalue weighted by molar-refractivity contribution is 5.76. The van der Waals surface area contributed by atoms with Crippen molar-refractivity contribution < 1.29 is 9.53 Å². The number of anilines is 1. The predicted octanol–water partition coefficient (Wildman–Crippen LogP) is 3.96. The molecule has 0 unspecified atom stereocenters. The first kappa shape index (κ1) is 20.8. The van der Waals surface area contributed by atoms with Crippen molar-refractivity contribution in [1.29, 1.82) is 0 Å². The Labute approximate surface area is 183 Å². The molecular formula is C25H28N4O2. The van der Waals surface area contributed by atoms with E-state index in [0.717, 1.165) is 48.2 Å². The van der Waals surface area contributed by atoms with Gasteiger partial charge in [0.05, 0.1) is 12.3 Å². The number of carbonyl (C=O) groups is 1. The summed E-state index contributed by atoms with van der Waals surface area (Å²) in [7, 11) is 0. The molecule has 1 saturated heterocycles. The van der Waals surface area contributed by atoms with Crippen molar-refractivity contribution in [2.24, 2.45) is 0 Å². The average Bonchev–Trinajstić information content (AvgIpc) is 2.82. The Balaban J connectivity index is 1.27. The van der Waals surface area contributed by atoms with Crippen molar-refractivity contribution in [3.63, 3.8) is 0 Å². The summed E-state index contributed by atoms with van der Waals surface area (Å²) in [6, 6.07) is 21.9. The molecule has 0 N–H and O–H groups in total. The van der Waals surface area contributed by atoms with Crippen LogP contribution in [0.5, 0.6) is 5.75 Å². The maximum absolute atomic E-state index is 12.6. The molecule has 0 radical (unpaired) electrons. The van der Waals surface area contributed by atoms with Crippen LogP contribution in [-0.4, -0.2) is 53.6 Å². The smallest absolute Gasteiger partial charge is 0.222 e. The minimum atomic E-state index is 0.195. The van der Waals surface area contributed by atoms with Crippen molar-refractivity contribution in [1.82, 2.24) is 14.9 Å². The highest BCUT2D eigenvalue weighted by Crippen LogP contribution is 2.22. The van der Waals surface area contributed by atoms with Gasteiger partial charge in [-0.05, 0) is 25.5 Å². The second-order valence-corrected chi connectivity index (χ2v) is 7.66. The zero-order valence-corrected chi connectivity index (χ0v) is 17.9. The molecule has 1 aliphatic heterocycles. The van der Waals surface area contributed by atoms with Crippen molar-refractivity contribution in [2.75, 3.05) is 37.7 Å². The zero-order chi connectivity index (χ0) is 21.5. The molecule has 0 spiro atoms. The molecule has 4 rings (SSSR count). The van der Waals surface area contributed by atoms with Gasteiger partial charge >= 0.3 is 0 Å². The molecule has 2 heterocycles. The quantitative estimate of drug-likeness (QED) is 0.546. The van der Waals surface area contributed by atoms with E-state index in [9.17, 15) is 4.79 Å². The van der Waals surface area contributed by atoms with Gasteiger partial charge in [-0.3, -0.25) is 4.79 Å². The molecule has 1 aliphatic rings. The number of ether oxygens (including phenoxy) is 1. The fraction of sp³-hybridized carbons (Fsp3) is 0.320. The van der Waals surface area contributed by atoms with Gasteiger partial charge in [0.15, 0.2) is 0 Å². The third kappa shape index (κ3) is 5.60. The number of hydrogen-bond acceptors (Lipinski definition) is 5. The van der Waals surface area contributed by atoms with Gasteiger partial charge in [-0.15, -0.1) is 0 Å². The summed E-state index contributed by atoms with van der Waals surface area (Å²) in [5.41, 5.74) is 2.01. The topological polar surface area (TPSA) is 58.6 Å². The lowest BCUT2D eigenvalue weighted by Gasteiger charge is -2.35. The molecule has 3 aromatic rings. The second-order valence-electron chi connectivity index (χ2n) is 7.66. The van der Waals surface area contributed by atoms with Gasteiger partial charge in [-0.2, -0.15) is 0 Å². The lowest BCUT2D eigenvalue weighted by atomic mass is 10.1. The van der Waals surface area contributed by atoms with Crippen LogP contribution in [0.4, 0.5) is 5.82 Å². The van der Waals surface area contributed by atoms with Gasteiger partial charge in [-0.25, -0.2) is 9.97 Å². The Hall–Kier alpha value is -3.41. The highest BCUT2D eigenvalue weighted by Gasteiger charge is 2.22. The van der Waals surface area contributed by atoms with Gasteiger partial charge in [-0.1, -0.05) is 48.5 Å². The Morgan fingerprint density at radius 1 is 0.935 bits per heavy atom. The monoisotopic (exact) mass is 416 g/mol. The minimum absolute atomic E-state index is 0.195. The van der Waals surface area contributed by atoms with Crippen molar-refractivity contribution >= 4 is 11.7 Å². The molecule has 2 aromatic carbocycles. The minimum Gasteiger partial charge on any atom is -0.494 e. The summed E-state index contributed by atoms with van der Waals surface area (Å²) >= 11 is 0. The summed E-state index contributed by atoms with van der Waals surface area (Å²) in [6.45, 7) is 5.45. The molecule has 1 amide bonds. The summed E-state index contributed by atoms with van der Waals surface area (Å²) in [6.07, 6.45) is 1.23. The number of benzene rings is 2. The summed E-state index contributed by atoms with van der Waals surface area (Å²) in [5, 5.41) is 0. The number of aryl methyl sites for hydroxylation is 1. The number of piperazine rings is 1. The molecular weight excluding hydrogens is 388 g/mol. The van der Waals surface area contributed by atoms with E-state index in [0.29, 0.717) is 26.1 Å². The first-order valence-electron chi connectivity index (χ1n) is 10.8. The average molecular weight is 417 g/mol. The first-order chi connectivity index (χ1) is 15.2. The maximum Gasteiger partial charge on any atom is 0.222 e. The number of nitrogens with zero attached hydrogens (tertiary/aromatic N) is 4. The fourth-order valence-corrected chi connectivity index (χ4v) is 3.74. The SMILES string of the molecule is Cc1nc(-c2ccccc2)cc(N2CCN(C(=O)CCCOc3ccccc3)CC2)n1. The van der Waals surface area contributed by atoms with Crippen LogP contribution in [0.2, 0.25) is 0 Å². The molecule has 31 heavy (non-hydrogen) atoms. The summed E-state index contributed by atoms with van der Waals surface area (Å²) < 4.78 is 5.68. The standard InChI is InChI=1S/C25H28N4O2/c1-20-26-23(21-9-4-2-5-10-21)19-24(27-20)28-14-16-29(17-15-28)25(30)13-8-18-31-22-11-6-3-7-12-22/h2-7,9-12,19H,8,13-18H2,1H3. The van der Waals surface area contributed by atoms with Crippen LogP contribution in [0, 0.1) is 6.92 Å². The van der Waals surface area contributed by atoms with Crippen molar-refractivity contribution in [2.45, 2.75) is 19.8 Å². The van der Waals surface area contributed by atoms with E-state index in [4.69, 9.17) is 4.74 Å². The number of para-hydroxylation sites is 1. The third-order valence-corrected chi connectivity index (χ3v) is 5.40. The maximum atomic E-state index is 12.6. The molecule has 6 nitrogen and oxygen atoms in total. The van der Waals surface area contributed by atoms with Gasteiger partial charge in [0, 0.05) is 44.2 Å². The molecule has 1 fully saturated rings. The van der Waals surface area contributed by atoms with E-state index in [2.05, 4.69) is 27.0 Å². The third-order valence-electron chi connectivity index (χ3n) is 5.40. The molecule has 1 aromatic heterocycles. The Kier molecular flexibility index (Phi) is 6.77. The molecule has 6 heteroatoms. The highest BCUT2D eigenvalue weighted by atomic mass is 16.5. The number of aromatic nitrogens is 2. The lowest BCUT2D eigenvalue weighted by molar-refractivity contribution is -0.131. The van der Waals surface area contributed by atoms with E-state index < -0.39 is 0 Å². The summed E-state index contributed by atoms with van der Waals surface area (Å²) in [5.74, 6) is 2.72. The Morgan fingerprint density at radius 2 is 1.61 bits per heavy atom. The molecule has 0 bridgehead atoms. The lowest BCUT2D eigenvalue weighted by Crippen LogP contribution is -2.49. The van der Waals surface area contributed by atoms with E-state index >= 15 is 0 Å². The zero-order valence-electron chi connectivity index (χ0n) is 17.9. The number of carbonyl (C=O) groups excluding carboxylic acids is 1. The molecule has 0 atom stereocenters. The van der Waals surface area contributed by atoms with E-state index in [1.54, 1.807) is 0 Å². The number of amides is 1. The normalized spacial score (nSPS) is 13.8. The predicted molar refractivity (Wildman–Crippen MR) is 122 cm³/mol. The molecule has 0 saturated carbocycles. The van der Waals surface area contributed by atoms with Crippen LogP contribution >= 0.6 is 0 Å². The second kappa shape index (κ2) is 10.1. The van der Waals surface area contributed by atoms with Crippen LogP contribution in [0.1, 0.15) is 18.7 Å². The largest absolute Gasteiger partial charge is 0.494 e. The molecule has 0 aliphatic carbocycles. The Morgan fingerprint density at radius 3 is 2.32 bits per heavy atom. The first-order valence-corrected chi connectivity index (χ1v) is 10.8. The summed E-state index contributed by atoms with van der Waals surface area (Å²) in [4.78, 5) is 26.0. The van der Waals surface area contributed by atoms with Crippen LogP contribution in [0.25, 0.3) is 11.3 Å². The fourth-order valence-electron chi connectivity index (χ4n) is 3.74. The van der Waals surface area contributed by atoms with Crippen LogP contribution in [0.15, 0.2) is 66.7 Å². The van der Waals surface area contributed by atoms with Crippen LogP contribution in [0.3, 0.4) is 0 Å². The van der Waals surface area contributed by atoms with Crippen LogP contribution < -0.4 is 9.64 Å². The molecule has 160 valence electrons. The van der Waals surface area contributed by atoms with E-state index in [-0.39, 0.29) is 5.91 Å². The van der Waals surface area contributed by atoms with Crippen molar-refractivity contribution in [3.8, 4) is 17.0 Å². The van der Waals surface area contributed by atoms with Crippen molar-refractivity contribution in [3.05, 3.63) is 72.6 Å².